The van der Waals surface area contributed by atoms with Gasteiger partial charge in [-0.3, -0.25) is 4.79 Å². The minimum absolute atomic E-state index is 0.0498. The lowest BCUT2D eigenvalue weighted by Crippen LogP contribution is -2.30. The molecule has 1 fully saturated rings. The molecule has 0 aromatic carbocycles. The second-order valence-corrected chi connectivity index (χ2v) is 5.09. The van der Waals surface area contributed by atoms with Gasteiger partial charge in [0.05, 0.1) is 18.0 Å². The van der Waals surface area contributed by atoms with Crippen LogP contribution >= 0.6 is 0 Å². The van der Waals surface area contributed by atoms with Crippen molar-refractivity contribution in [2.75, 3.05) is 6.54 Å². The molecule has 2 aromatic rings. The summed E-state index contributed by atoms with van der Waals surface area (Å²) in [6.45, 7) is 4.72. The van der Waals surface area contributed by atoms with Gasteiger partial charge < -0.3 is 13.8 Å². The van der Waals surface area contributed by atoms with Gasteiger partial charge in [-0.1, -0.05) is 12.1 Å². The van der Waals surface area contributed by atoms with Crippen molar-refractivity contribution in [2.24, 2.45) is 0 Å². The van der Waals surface area contributed by atoms with E-state index >= 15 is 0 Å². The molecule has 5 heteroatoms. The molecular formula is C15H18N2O3. The number of hydrogen-bond acceptors (Lipinski definition) is 4. The van der Waals surface area contributed by atoms with Crippen LogP contribution in [0.15, 0.2) is 27.3 Å². The molecule has 5 nitrogen and oxygen atoms in total. The molecule has 0 radical (unpaired) electrons. The first-order valence-electron chi connectivity index (χ1n) is 7.02. The average molecular weight is 274 g/mol. The number of aromatic nitrogens is 1. The number of carbonyl (C=O) groups is 1. The fourth-order valence-corrected chi connectivity index (χ4v) is 2.96. The number of likely N-dealkylation sites (tertiary alicyclic amines) is 1. The standard InChI is InChI=1S/C15H18N2O3/c1-3-12-14(10(2)16-20-12)11-6-4-8-17(11)15(18)13-7-5-9-19-13/h5,7,9,11H,3-4,6,8H2,1-2H3/t11-/m1/s1. The molecule has 1 saturated heterocycles. The summed E-state index contributed by atoms with van der Waals surface area (Å²) in [5.41, 5.74) is 1.95. The zero-order valence-electron chi connectivity index (χ0n) is 11.8. The predicted molar refractivity (Wildman–Crippen MR) is 72.3 cm³/mol. The van der Waals surface area contributed by atoms with E-state index in [4.69, 9.17) is 8.94 Å². The van der Waals surface area contributed by atoms with Crippen LogP contribution in [0.4, 0.5) is 0 Å². The number of amides is 1. The molecule has 0 spiro atoms. The van der Waals surface area contributed by atoms with E-state index in [1.807, 2.05) is 18.7 Å². The van der Waals surface area contributed by atoms with E-state index in [0.29, 0.717) is 5.76 Å². The molecule has 1 aliphatic heterocycles. The van der Waals surface area contributed by atoms with Crippen LogP contribution < -0.4 is 0 Å². The van der Waals surface area contributed by atoms with E-state index in [1.54, 1.807) is 12.1 Å². The highest BCUT2D eigenvalue weighted by atomic mass is 16.5. The minimum atomic E-state index is -0.0554. The second kappa shape index (κ2) is 5.15. The van der Waals surface area contributed by atoms with Gasteiger partial charge in [0.1, 0.15) is 5.76 Å². The Morgan fingerprint density at radius 3 is 3.10 bits per heavy atom. The second-order valence-electron chi connectivity index (χ2n) is 5.09. The van der Waals surface area contributed by atoms with Crippen molar-refractivity contribution in [3.63, 3.8) is 0 Å². The normalized spacial score (nSPS) is 18.7. The Bertz CT molecular complexity index is 601. The summed E-state index contributed by atoms with van der Waals surface area (Å²) < 4.78 is 10.6. The van der Waals surface area contributed by atoms with Crippen LogP contribution in [0.5, 0.6) is 0 Å². The van der Waals surface area contributed by atoms with Crippen molar-refractivity contribution >= 4 is 5.91 Å². The van der Waals surface area contributed by atoms with Crippen LogP contribution in [0.3, 0.4) is 0 Å². The van der Waals surface area contributed by atoms with Crippen molar-refractivity contribution in [3.05, 3.63) is 41.2 Å². The third kappa shape index (κ3) is 2.03. The Hall–Kier alpha value is -2.04. The molecule has 1 aliphatic rings. The SMILES string of the molecule is CCc1onc(C)c1[C@H]1CCCN1C(=O)c1ccco1. The van der Waals surface area contributed by atoms with E-state index in [1.165, 1.54) is 6.26 Å². The van der Waals surface area contributed by atoms with E-state index in [2.05, 4.69) is 5.16 Å². The summed E-state index contributed by atoms with van der Waals surface area (Å²) >= 11 is 0. The van der Waals surface area contributed by atoms with E-state index < -0.39 is 0 Å². The molecule has 0 bridgehead atoms. The minimum Gasteiger partial charge on any atom is -0.459 e. The van der Waals surface area contributed by atoms with Gasteiger partial charge in [-0.25, -0.2) is 0 Å². The Labute approximate surface area is 117 Å². The molecule has 106 valence electrons. The topological polar surface area (TPSA) is 59.5 Å². The van der Waals surface area contributed by atoms with Gasteiger partial charge in [0.2, 0.25) is 0 Å². The number of furan rings is 1. The molecule has 1 atom stereocenters. The zero-order chi connectivity index (χ0) is 14.1. The quantitative estimate of drug-likeness (QED) is 0.862. The van der Waals surface area contributed by atoms with Gasteiger partial charge in [-0.15, -0.1) is 0 Å². The summed E-state index contributed by atoms with van der Waals surface area (Å²) in [6.07, 6.45) is 4.25. The Balaban J connectivity index is 1.93. The van der Waals surface area contributed by atoms with Crippen LogP contribution in [0.25, 0.3) is 0 Å². The number of rotatable bonds is 3. The highest BCUT2D eigenvalue weighted by Crippen LogP contribution is 2.36. The summed E-state index contributed by atoms with van der Waals surface area (Å²) in [4.78, 5) is 14.4. The predicted octanol–water partition coefficient (Wildman–Crippen LogP) is 3.12. The summed E-state index contributed by atoms with van der Waals surface area (Å²) in [6, 6.07) is 3.49. The van der Waals surface area contributed by atoms with Crippen LogP contribution in [0.2, 0.25) is 0 Å². The van der Waals surface area contributed by atoms with Crippen molar-refractivity contribution < 1.29 is 13.7 Å². The Morgan fingerprint density at radius 2 is 2.40 bits per heavy atom. The van der Waals surface area contributed by atoms with Crippen LogP contribution in [0, 0.1) is 6.92 Å². The summed E-state index contributed by atoms with van der Waals surface area (Å²) in [5.74, 6) is 1.22. The van der Waals surface area contributed by atoms with Crippen LogP contribution in [-0.2, 0) is 6.42 Å². The van der Waals surface area contributed by atoms with Crippen molar-refractivity contribution in [2.45, 2.75) is 39.2 Å². The maximum Gasteiger partial charge on any atom is 0.290 e. The molecule has 0 N–H and O–H groups in total. The highest BCUT2D eigenvalue weighted by molar-refractivity contribution is 5.92. The van der Waals surface area contributed by atoms with Gasteiger partial charge in [0.25, 0.3) is 5.91 Å². The summed E-state index contributed by atoms with van der Waals surface area (Å²) in [7, 11) is 0. The molecule has 0 unspecified atom stereocenters. The van der Waals surface area contributed by atoms with Gasteiger partial charge in [-0.05, 0) is 31.9 Å². The smallest absolute Gasteiger partial charge is 0.290 e. The van der Waals surface area contributed by atoms with Gasteiger partial charge >= 0.3 is 0 Å². The third-order valence-corrected chi connectivity index (χ3v) is 3.88. The molecule has 20 heavy (non-hydrogen) atoms. The fraction of sp³-hybridized carbons (Fsp3) is 0.467. The first-order chi connectivity index (χ1) is 9.72. The maximum atomic E-state index is 12.5. The van der Waals surface area contributed by atoms with E-state index in [9.17, 15) is 4.79 Å². The molecule has 3 rings (SSSR count). The number of nitrogens with zero attached hydrogens (tertiary/aromatic N) is 2. The first-order valence-corrected chi connectivity index (χ1v) is 7.02. The maximum absolute atomic E-state index is 12.5. The van der Waals surface area contributed by atoms with Crippen LogP contribution in [-0.4, -0.2) is 22.5 Å². The number of aryl methyl sites for hydroxylation is 2. The van der Waals surface area contributed by atoms with Crippen LogP contribution in [0.1, 0.15) is 53.4 Å². The number of carbonyl (C=O) groups excluding carboxylic acids is 1. The monoisotopic (exact) mass is 274 g/mol. The Kier molecular flexibility index (Phi) is 3.34. The fourth-order valence-electron chi connectivity index (χ4n) is 2.96. The molecule has 2 aromatic heterocycles. The molecule has 3 heterocycles. The lowest BCUT2D eigenvalue weighted by molar-refractivity contribution is 0.0702. The highest BCUT2D eigenvalue weighted by Gasteiger charge is 2.35. The zero-order valence-corrected chi connectivity index (χ0v) is 11.8. The van der Waals surface area contributed by atoms with Crippen molar-refractivity contribution in [1.29, 1.82) is 0 Å². The average Bonchev–Trinajstić information content (AvgIpc) is 3.17. The van der Waals surface area contributed by atoms with E-state index in [-0.39, 0.29) is 11.9 Å². The van der Waals surface area contributed by atoms with Gasteiger partial charge in [0, 0.05) is 18.5 Å². The van der Waals surface area contributed by atoms with E-state index in [0.717, 1.165) is 42.8 Å². The molecule has 0 aliphatic carbocycles. The van der Waals surface area contributed by atoms with Crippen molar-refractivity contribution in [3.8, 4) is 0 Å². The van der Waals surface area contributed by atoms with Crippen molar-refractivity contribution in [1.82, 2.24) is 10.1 Å². The van der Waals surface area contributed by atoms with Gasteiger partial charge in [0.15, 0.2) is 5.76 Å². The largest absolute Gasteiger partial charge is 0.459 e. The molecule has 0 saturated carbocycles. The third-order valence-electron chi connectivity index (χ3n) is 3.88. The Morgan fingerprint density at radius 1 is 1.55 bits per heavy atom. The molecular weight excluding hydrogens is 256 g/mol. The molecule has 1 amide bonds. The lowest BCUT2D eigenvalue weighted by atomic mass is 10.0. The summed E-state index contributed by atoms with van der Waals surface area (Å²) in [5, 5.41) is 4.05. The first kappa shape index (κ1) is 13.0. The van der Waals surface area contributed by atoms with Gasteiger partial charge in [-0.2, -0.15) is 0 Å². The number of hydrogen-bond donors (Lipinski definition) is 0. The lowest BCUT2D eigenvalue weighted by Gasteiger charge is -2.24.